The summed E-state index contributed by atoms with van der Waals surface area (Å²) >= 11 is 1.21. The number of halogens is 1. The highest BCUT2D eigenvalue weighted by Gasteiger charge is 2.22. The van der Waals surface area contributed by atoms with Gasteiger partial charge in [0.25, 0.3) is 0 Å². The van der Waals surface area contributed by atoms with Crippen LogP contribution in [0, 0.1) is 5.82 Å². The fourth-order valence-electron chi connectivity index (χ4n) is 2.16. The third-order valence-electron chi connectivity index (χ3n) is 3.46. The normalized spacial score (nSPS) is 13.4. The maximum atomic E-state index is 13.7. The summed E-state index contributed by atoms with van der Waals surface area (Å²) in [5, 5.41) is 8.30. The summed E-state index contributed by atoms with van der Waals surface area (Å²) in [6, 6.07) is 6.04. The van der Waals surface area contributed by atoms with Crippen LogP contribution in [0.5, 0.6) is 5.75 Å². The molecule has 7 nitrogen and oxygen atoms in total. The quantitative estimate of drug-likeness (QED) is 0.682. The second-order valence-corrected chi connectivity index (χ2v) is 6.76. The van der Waals surface area contributed by atoms with E-state index in [1.807, 2.05) is 11.5 Å². The van der Waals surface area contributed by atoms with E-state index < -0.39 is 17.0 Å². The van der Waals surface area contributed by atoms with Gasteiger partial charge >= 0.3 is 0 Å². The maximum absolute atomic E-state index is 13.7. The molecule has 2 N–H and O–H groups in total. The molecule has 2 rings (SSSR count). The first-order valence-corrected chi connectivity index (χ1v) is 8.58. The fraction of sp³-hybridized carbons (Fsp3) is 0.438. The van der Waals surface area contributed by atoms with Gasteiger partial charge in [0.2, 0.25) is 5.91 Å². The number of primary amides is 1. The molecule has 9 heteroatoms. The molecule has 1 amide bonds. The molecule has 0 saturated heterocycles. The van der Waals surface area contributed by atoms with Gasteiger partial charge in [-0.3, -0.25) is 9.36 Å². The number of ether oxygens (including phenoxy) is 2. The zero-order valence-electron chi connectivity index (χ0n) is 14.3. The van der Waals surface area contributed by atoms with E-state index in [2.05, 4.69) is 10.2 Å². The maximum Gasteiger partial charge on any atom is 0.230 e. The van der Waals surface area contributed by atoms with Crippen LogP contribution in [0.1, 0.15) is 25.7 Å². The van der Waals surface area contributed by atoms with E-state index in [0.717, 1.165) is 0 Å². The van der Waals surface area contributed by atoms with Crippen LogP contribution in [0.15, 0.2) is 29.4 Å². The first kappa shape index (κ1) is 19.2. The van der Waals surface area contributed by atoms with Crippen LogP contribution in [0.2, 0.25) is 0 Å². The fourth-order valence-corrected chi connectivity index (χ4v) is 3.08. The van der Waals surface area contributed by atoms with Gasteiger partial charge in [0.05, 0.1) is 17.9 Å². The van der Waals surface area contributed by atoms with Crippen LogP contribution in [-0.4, -0.2) is 39.6 Å². The number of methoxy groups -OCH3 is 1. The van der Waals surface area contributed by atoms with Crippen molar-refractivity contribution in [3.05, 3.63) is 35.9 Å². The van der Waals surface area contributed by atoms with Crippen molar-refractivity contribution in [2.75, 3.05) is 13.7 Å². The molecule has 0 bridgehead atoms. The molecule has 0 radical (unpaired) electrons. The lowest BCUT2D eigenvalue weighted by Crippen LogP contribution is -2.24. The molecule has 0 aliphatic carbocycles. The van der Waals surface area contributed by atoms with Crippen LogP contribution in [-0.2, 0) is 16.1 Å². The summed E-state index contributed by atoms with van der Waals surface area (Å²) in [5.41, 5.74) is 5.32. The molecule has 0 fully saturated rings. The zero-order valence-corrected chi connectivity index (χ0v) is 15.1. The number of carbonyl (C=O) groups is 1. The van der Waals surface area contributed by atoms with Gasteiger partial charge in [0, 0.05) is 7.11 Å². The summed E-state index contributed by atoms with van der Waals surface area (Å²) in [5.74, 6) is -0.248. The van der Waals surface area contributed by atoms with E-state index >= 15 is 0 Å². The Bertz CT molecular complexity index is 725. The summed E-state index contributed by atoms with van der Waals surface area (Å²) in [7, 11) is 1.59. The summed E-state index contributed by atoms with van der Waals surface area (Å²) < 4.78 is 26.2. The van der Waals surface area contributed by atoms with Crippen molar-refractivity contribution >= 4 is 17.7 Å². The molecule has 0 aliphatic rings. The molecule has 1 aromatic carbocycles. The minimum absolute atomic E-state index is 0.0352. The van der Waals surface area contributed by atoms with Gasteiger partial charge in [-0.05, 0) is 26.0 Å². The minimum Gasteiger partial charge on any atom is -0.483 e. The molecule has 0 aliphatic heterocycles. The molecule has 2 atom stereocenters. The largest absolute Gasteiger partial charge is 0.483 e. The average Bonchev–Trinajstić information content (AvgIpc) is 2.97. The number of benzene rings is 1. The summed E-state index contributed by atoms with van der Waals surface area (Å²) in [4.78, 5) is 11.3. The number of rotatable bonds is 9. The molecule has 25 heavy (non-hydrogen) atoms. The third-order valence-corrected chi connectivity index (χ3v) is 4.54. The molecule has 0 saturated carbocycles. The van der Waals surface area contributed by atoms with Gasteiger partial charge in [-0.25, -0.2) is 4.39 Å². The number of aromatic nitrogens is 3. The monoisotopic (exact) mass is 368 g/mol. The highest BCUT2D eigenvalue weighted by molar-refractivity contribution is 8.00. The van der Waals surface area contributed by atoms with E-state index in [9.17, 15) is 9.18 Å². The van der Waals surface area contributed by atoms with Crippen molar-refractivity contribution in [1.82, 2.24) is 14.8 Å². The van der Waals surface area contributed by atoms with Crippen LogP contribution < -0.4 is 10.5 Å². The number of hydrogen-bond acceptors (Lipinski definition) is 6. The molecule has 1 heterocycles. The van der Waals surface area contributed by atoms with Crippen molar-refractivity contribution in [3.8, 4) is 5.75 Å². The van der Waals surface area contributed by atoms with Crippen LogP contribution in [0.4, 0.5) is 4.39 Å². The molecule has 1 aromatic heterocycles. The zero-order chi connectivity index (χ0) is 18.4. The van der Waals surface area contributed by atoms with Gasteiger partial charge in [-0.15, -0.1) is 10.2 Å². The highest BCUT2D eigenvalue weighted by Crippen LogP contribution is 2.26. The van der Waals surface area contributed by atoms with Crippen LogP contribution in [0.3, 0.4) is 0 Å². The van der Waals surface area contributed by atoms with Crippen molar-refractivity contribution in [3.63, 3.8) is 0 Å². The Labute approximate surface area is 149 Å². The van der Waals surface area contributed by atoms with Crippen molar-refractivity contribution in [2.24, 2.45) is 5.73 Å². The van der Waals surface area contributed by atoms with Crippen molar-refractivity contribution in [1.29, 1.82) is 0 Å². The van der Waals surface area contributed by atoms with Gasteiger partial charge in [-0.2, -0.15) is 0 Å². The van der Waals surface area contributed by atoms with Gasteiger partial charge < -0.3 is 15.2 Å². The van der Waals surface area contributed by atoms with Gasteiger partial charge in [0.1, 0.15) is 6.61 Å². The van der Waals surface area contributed by atoms with Crippen LogP contribution >= 0.6 is 11.8 Å². The van der Waals surface area contributed by atoms with E-state index in [0.29, 0.717) is 17.6 Å². The minimum atomic E-state index is -0.460. The first-order chi connectivity index (χ1) is 11.9. The molecule has 0 spiro atoms. The Morgan fingerprint density at radius 3 is 2.72 bits per heavy atom. The number of hydrogen-bond donors (Lipinski definition) is 1. The van der Waals surface area contributed by atoms with E-state index in [1.54, 1.807) is 32.2 Å². The predicted molar refractivity (Wildman–Crippen MR) is 91.9 cm³/mol. The number of thioether (sulfide) groups is 1. The standard InChI is InChI=1S/C16H21FN4O3S/c1-10(8-23-3)21-14(9-24-13-7-5-4-6-12(13)17)19-20-16(21)25-11(2)15(18)22/h4-7,10-11H,8-9H2,1-3H3,(H2,18,22)/t10-,11-/m0/s1. The Morgan fingerprint density at radius 1 is 1.36 bits per heavy atom. The van der Waals surface area contributed by atoms with Crippen LogP contribution in [0.25, 0.3) is 0 Å². The molecule has 136 valence electrons. The lowest BCUT2D eigenvalue weighted by atomic mass is 10.3. The molecule has 0 unspecified atom stereocenters. The van der Waals surface area contributed by atoms with E-state index in [-0.39, 0.29) is 18.4 Å². The lowest BCUT2D eigenvalue weighted by Gasteiger charge is -2.18. The molecular weight excluding hydrogens is 347 g/mol. The number of amides is 1. The summed E-state index contributed by atoms with van der Waals surface area (Å²) in [6.45, 7) is 4.08. The Hall–Kier alpha value is -2.13. The van der Waals surface area contributed by atoms with E-state index in [4.69, 9.17) is 15.2 Å². The first-order valence-electron chi connectivity index (χ1n) is 7.70. The Kier molecular flexibility index (Phi) is 6.77. The Balaban J connectivity index is 2.23. The topological polar surface area (TPSA) is 92.3 Å². The van der Waals surface area contributed by atoms with Gasteiger partial charge in [0.15, 0.2) is 22.5 Å². The second-order valence-electron chi connectivity index (χ2n) is 5.45. The Morgan fingerprint density at radius 2 is 2.08 bits per heavy atom. The summed E-state index contributed by atoms with van der Waals surface area (Å²) in [6.07, 6.45) is 0. The highest BCUT2D eigenvalue weighted by atomic mass is 32.2. The second kappa shape index (κ2) is 8.82. The average molecular weight is 368 g/mol. The lowest BCUT2D eigenvalue weighted by molar-refractivity contribution is -0.117. The van der Waals surface area contributed by atoms with Crippen molar-refractivity contribution < 1.29 is 18.7 Å². The third kappa shape index (κ3) is 4.93. The number of nitrogens with zero attached hydrogens (tertiary/aromatic N) is 3. The van der Waals surface area contributed by atoms with Crippen molar-refractivity contribution in [2.45, 2.75) is 36.9 Å². The van der Waals surface area contributed by atoms with E-state index in [1.165, 1.54) is 17.8 Å². The number of carbonyl (C=O) groups excluding carboxylic acids is 1. The number of nitrogens with two attached hydrogens (primary N) is 1. The van der Waals surface area contributed by atoms with Gasteiger partial charge in [-0.1, -0.05) is 23.9 Å². The SMILES string of the molecule is COC[C@H](C)n1c(COc2ccccc2F)nnc1S[C@@H](C)C(N)=O. The predicted octanol–water partition coefficient (Wildman–Crippen LogP) is 2.17. The smallest absolute Gasteiger partial charge is 0.230 e. The molecule has 2 aromatic rings. The number of para-hydroxylation sites is 1. The molecular formula is C16H21FN4O3S.